The number of unbranched alkanes of at least 4 members (excludes halogenated alkanes) is 3. The van der Waals surface area contributed by atoms with Gasteiger partial charge in [-0.25, -0.2) is 0 Å². The Balaban J connectivity index is 3.12. The summed E-state index contributed by atoms with van der Waals surface area (Å²) >= 11 is -2.38. The zero-order valence-corrected chi connectivity index (χ0v) is 16.8. The Morgan fingerprint density at radius 2 is 1.48 bits per heavy atom. The molecule has 0 aliphatic rings. The van der Waals surface area contributed by atoms with Crippen molar-refractivity contribution in [2.24, 2.45) is 0 Å². The molecule has 1 heterocycles. The molecule has 0 radical (unpaired) electrons. The van der Waals surface area contributed by atoms with Crippen LogP contribution in [0.15, 0.2) is 18.5 Å². The van der Waals surface area contributed by atoms with Crippen LogP contribution in [0.5, 0.6) is 0 Å². The van der Waals surface area contributed by atoms with Crippen LogP contribution in [0.3, 0.4) is 0 Å². The van der Waals surface area contributed by atoms with Crippen molar-refractivity contribution in [2.75, 3.05) is 0 Å². The fourth-order valence-corrected chi connectivity index (χ4v) is 18.9. The topological polar surface area (TPSA) is 36.7 Å². The molecule has 0 fully saturated rings. The first-order valence-electron chi connectivity index (χ1n) is 8.58. The summed E-state index contributed by atoms with van der Waals surface area (Å²) in [6, 6.07) is 4.45. The molecule has 2 nitrogen and oxygen atoms in total. The van der Waals surface area contributed by atoms with Crippen molar-refractivity contribution in [3.05, 3.63) is 24.0 Å². The summed E-state index contributed by atoms with van der Waals surface area (Å²) in [7, 11) is 0. The van der Waals surface area contributed by atoms with Crippen LogP contribution in [0, 0.1) is 11.3 Å². The van der Waals surface area contributed by atoms with Crippen LogP contribution in [-0.4, -0.2) is 23.4 Å². The van der Waals surface area contributed by atoms with E-state index in [4.69, 9.17) is 0 Å². The third-order valence-corrected chi connectivity index (χ3v) is 20.0. The van der Waals surface area contributed by atoms with Gasteiger partial charge in [-0.3, -0.25) is 0 Å². The summed E-state index contributed by atoms with van der Waals surface area (Å²) in [5, 5.41) is 9.19. The van der Waals surface area contributed by atoms with Crippen molar-refractivity contribution in [3.8, 4) is 6.07 Å². The molecule has 0 atom stereocenters. The van der Waals surface area contributed by atoms with E-state index in [0.717, 1.165) is 5.56 Å². The molecule has 0 aromatic carbocycles. The van der Waals surface area contributed by atoms with Crippen molar-refractivity contribution in [1.29, 1.82) is 5.26 Å². The van der Waals surface area contributed by atoms with Crippen LogP contribution in [-0.2, 0) is 0 Å². The third-order valence-electron chi connectivity index (χ3n) is 4.51. The van der Waals surface area contributed by atoms with Crippen LogP contribution in [0.2, 0.25) is 13.3 Å². The zero-order valence-electron chi connectivity index (χ0n) is 14.0. The maximum absolute atomic E-state index is 9.19. The summed E-state index contributed by atoms with van der Waals surface area (Å²) in [5.74, 6) is 0. The monoisotopic (exact) mass is 394 g/mol. The number of nitrogens with zero attached hydrogens (tertiary/aromatic N) is 2. The summed E-state index contributed by atoms with van der Waals surface area (Å²) in [6.45, 7) is 6.88. The molecule has 0 aliphatic carbocycles. The molecular weight excluding hydrogens is 363 g/mol. The number of pyridine rings is 1. The Kier molecular flexibility index (Phi) is 8.99. The van der Waals surface area contributed by atoms with Crippen LogP contribution in [0.25, 0.3) is 0 Å². The Morgan fingerprint density at radius 3 is 1.90 bits per heavy atom. The Hall–Kier alpha value is -0.561. The predicted molar refractivity (Wildman–Crippen MR) is 93.5 cm³/mol. The summed E-state index contributed by atoms with van der Waals surface area (Å²) < 4.78 is 5.80. The van der Waals surface area contributed by atoms with Crippen LogP contribution in [0.1, 0.15) is 64.9 Å². The van der Waals surface area contributed by atoms with Gasteiger partial charge in [0.25, 0.3) is 0 Å². The summed E-state index contributed by atoms with van der Waals surface area (Å²) in [6.07, 6.45) is 11.7. The van der Waals surface area contributed by atoms with Gasteiger partial charge >= 0.3 is 135 Å². The van der Waals surface area contributed by atoms with Gasteiger partial charge in [0.2, 0.25) is 0 Å². The molecule has 0 aliphatic heterocycles. The van der Waals surface area contributed by atoms with Gasteiger partial charge in [0, 0.05) is 0 Å². The van der Waals surface area contributed by atoms with E-state index in [-0.39, 0.29) is 0 Å². The second-order valence-electron chi connectivity index (χ2n) is 6.17. The molecule has 3 heteroatoms. The average molecular weight is 393 g/mol. The summed E-state index contributed by atoms with van der Waals surface area (Å²) in [4.78, 5) is 4.38. The quantitative estimate of drug-likeness (QED) is 0.524. The van der Waals surface area contributed by atoms with Crippen molar-refractivity contribution in [1.82, 2.24) is 4.98 Å². The minimum absolute atomic E-state index is 0.748. The van der Waals surface area contributed by atoms with E-state index in [9.17, 15) is 5.26 Å². The number of rotatable bonds is 10. The van der Waals surface area contributed by atoms with Gasteiger partial charge in [0.15, 0.2) is 0 Å². The molecule has 0 spiro atoms. The maximum atomic E-state index is 9.19. The first kappa shape index (κ1) is 18.5. The molecule has 0 saturated heterocycles. The van der Waals surface area contributed by atoms with Crippen LogP contribution < -0.4 is 3.58 Å². The zero-order chi connectivity index (χ0) is 15.6. The van der Waals surface area contributed by atoms with E-state index in [0.29, 0.717) is 0 Å². The van der Waals surface area contributed by atoms with Crippen LogP contribution >= 0.6 is 0 Å². The van der Waals surface area contributed by atoms with Gasteiger partial charge in [-0.15, -0.1) is 0 Å². The Morgan fingerprint density at radius 1 is 0.952 bits per heavy atom. The molecule has 1 aromatic heterocycles. The fraction of sp³-hybridized carbons (Fsp3) is 0.667. The molecule has 0 N–H and O–H groups in total. The van der Waals surface area contributed by atoms with Crippen molar-refractivity contribution in [3.63, 3.8) is 0 Å². The second-order valence-corrected chi connectivity index (χ2v) is 19.4. The predicted octanol–water partition coefficient (Wildman–Crippen LogP) is 5.01. The van der Waals surface area contributed by atoms with Gasteiger partial charge < -0.3 is 0 Å². The van der Waals surface area contributed by atoms with Gasteiger partial charge in [-0.05, 0) is 0 Å². The Labute approximate surface area is 134 Å². The molecule has 0 saturated carbocycles. The number of aromatic nitrogens is 1. The molecule has 1 rings (SSSR count). The first-order valence-corrected chi connectivity index (χ1v) is 16.1. The van der Waals surface area contributed by atoms with E-state index in [1.807, 2.05) is 0 Å². The molecular formula is C18H30N2Sn. The number of hydrogen-bond donors (Lipinski definition) is 0. The minimum atomic E-state index is -2.38. The van der Waals surface area contributed by atoms with E-state index in [2.05, 4.69) is 44.1 Å². The number of nitriles is 1. The average Bonchev–Trinajstić information content (AvgIpc) is 2.54. The molecule has 0 bridgehead atoms. The summed E-state index contributed by atoms with van der Waals surface area (Å²) in [5.41, 5.74) is 0.748. The van der Waals surface area contributed by atoms with Crippen molar-refractivity contribution in [2.45, 2.75) is 72.6 Å². The fourth-order valence-electron chi connectivity index (χ4n) is 3.14. The molecule has 21 heavy (non-hydrogen) atoms. The number of hydrogen-bond acceptors (Lipinski definition) is 2. The van der Waals surface area contributed by atoms with E-state index < -0.39 is 18.4 Å². The standard InChI is InChI=1S/C6H3N2.3C4H9.Sn/c7-4-6-2-1-3-8-5-6;3*1-3-4-2;/h2-3,5H;3*1,3-4H2,2H3;. The first-order chi connectivity index (χ1) is 10.2. The van der Waals surface area contributed by atoms with Gasteiger partial charge in [-0.2, -0.15) is 0 Å². The molecule has 0 unspecified atom stereocenters. The van der Waals surface area contributed by atoms with Crippen LogP contribution in [0.4, 0.5) is 0 Å². The van der Waals surface area contributed by atoms with Gasteiger partial charge in [0.1, 0.15) is 0 Å². The molecule has 0 amide bonds. The SMILES string of the molecule is CCC[CH2][Sn]([CH2]CCC)([CH2]CCC)[c]1cncc(C#N)c1. The van der Waals surface area contributed by atoms with E-state index >= 15 is 0 Å². The van der Waals surface area contributed by atoms with E-state index in [1.54, 1.807) is 6.20 Å². The van der Waals surface area contributed by atoms with Crippen molar-refractivity contribution >= 4 is 22.0 Å². The van der Waals surface area contributed by atoms with Gasteiger partial charge in [-0.1, -0.05) is 0 Å². The molecule has 116 valence electrons. The van der Waals surface area contributed by atoms with Gasteiger partial charge in [0.05, 0.1) is 0 Å². The van der Waals surface area contributed by atoms with E-state index in [1.165, 1.54) is 55.4 Å². The Bertz CT molecular complexity index is 429. The van der Waals surface area contributed by atoms with Crippen molar-refractivity contribution < 1.29 is 0 Å². The molecule has 1 aromatic rings. The normalized spacial score (nSPS) is 11.3. The third kappa shape index (κ3) is 5.62. The second kappa shape index (κ2) is 10.2.